The van der Waals surface area contributed by atoms with Crippen molar-refractivity contribution < 1.29 is 13.9 Å². The molecule has 0 atom stereocenters. The summed E-state index contributed by atoms with van der Waals surface area (Å²) in [5.74, 6) is -0.268. The number of pyridine rings is 1. The fourth-order valence-electron chi connectivity index (χ4n) is 3.37. The van der Waals surface area contributed by atoms with Gasteiger partial charge in [0.25, 0.3) is 5.91 Å². The minimum atomic E-state index is -0.434. The Kier molecular flexibility index (Phi) is 4.75. The summed E-state index contributed by atoms with van der Waals surface area (Å²) >= 11 is 0. The predicted octanol–water partition coefficient (Wildman–Crippen LogP) is 3.82. The van der Waals surface area contributed by atoms with Gasteiger partial charge in [-0.25, -0.2) is 4.39 Å². The van der Waals surface area contributed by atoms with Crippen molar-refractivity contribution >= 4 is 22.9 Å². The smallest absolute Gasteiger partial charge is 0.258 e. The third-order valence-electron chi connectivity index (χ3n) is 4.59. The van der Waals surface area contributed by atoms with E-state index in [1.807, 2.05) is 27.1 Å². The molecule has 0 aliphatic carbocycles. The number of carbonyl (C=O) groups is 1. The first kappa shape index (κ1) is 18.7. The van der Waals surface area contributed by atoms with Gasteiger partial charge in [-0.3, -0.25) is 14.5 Å². The van der Waals surface area contributed by atoms with Gasteiger partial charge in [-0.05, 0) is 32.0 Å². The van der Waals surface area contributed by atoms with E-state index in [1.165, 1.54) is 12.3 Å². The number of carbonyl (C=O) groups excluding carboxylic acids is 1. The van der Waals surface area contributed by atoms with Crippen LogP contribution in [0, 0.1) is 5.82 Å². The maximum Gasteiger partial charge on any atom is 0.258 e. The number of nitrogens with zero attached hydrogens (tertiary/aromatic N) is 3. The standard InChI is InChI=1S/C21H20FN5O2/c1-4-29-18-7-5-6-15(22)20(18)16-8-14-17(10-23-16)26-21(28)19(14)12(2)25-13-9-24-27(3)11-13/h5-11,25H,4H2,1-3H3,(H,26,28)/b19-12-. The number of amides is 1. The van der Waals surface area contributed by atoms with E-state index in [4.69, 9.17) is 4.74 Å². The summed E-state index contributed by atoms with van der Waals surface area (Å²) in [5, 5.41) is 10.1. The van der Waals surface area contributed by atoms with Crippen LogP contribution in [0.15, 0.2) is 48.6 Å². The minimum Gasteiger partial charge on any atom is -0.493 e. The van der Waals surface area contributed by atoms with Crippen molar-refractivity contribution in [1.29, 1.82) is 0 Å². The lowest BCUT2D eigenvalue weighted by Crippen LogP contribution is -2.08. The number of aromatic nitrogens is 3. The first-order valence-corrected chi connectivity index (χ1v) is 9.18. The molecule has 4 rings (SSSR count). The number of benzene rings is 1. The Bertz CT molecular complexity index is 1140. The van der Waals surface area contributed by atoms with Crippen molar-refractivity contribution in [2.24, 2.45) is 7.05 Å². The van der Waals surface area contributed by atoms with Gasteiger partial charge in [0.15, 0.2) is 0 Å². The Balaban J connectivity index is 1.80. The maximum absolute atomic E-state index is 14.6. The third-order valence-corrected chi connectivity index (χ3v) is 4.59. The summed E-state index contributed by atoms with van der Waals surface area (Å²) < 4.78 is 21.8. The number of rotatable bonds is 5. The van der Waals surface area contributed by atoms with Gasteiger partial charge in [0.2, 0.25) is 0 Å². The van der Waals surface area contributed by atoms with Crippen LogP contribution < -0.4 is 15.4 Å². The normalized spacial score (nSPS) is 14.4. The van der Waals surface area contributed by atoms with Gasteiger partial charge in [0, 0.05) is 24.5 Å². The van der Waals surface area contributed by atoms with Gasteiger partial charge in [0.05, 0.1) is 47.2 Å². The number of hydrogen-bond acceptors (Lipinski definition) is 5. The van der Waals surface area contributed by atoms with Crippen LogP contribution in [0.2, 0.25) is 0 Å². The molecule has 1 aliphatic rings. The highest BCUT2D eigenvalue weighted by atomic mass is 19.1. The number of nitrogens with one attached hydrogen (secondary N) is 2. The molecule has 2 N–H and O–H groups in total. The number of fused-ring (bicyclic) bond motifs is 1. The van der Waals surface area contributed by atoms with Gasteiger partial charge in [-0.2, -0.15) is 5.10 Å². The molecule has 0 fully saturated rings. The number of halogens is 1. The third kappa shape index (κ3) is 3.44. The fraction of sp³-hybridized carbons (Fsp3) is 0.190. The summed E-state index contributed by atoms with van der Waals surface area (Å²) in [5.41, 5.74) is 3.80. The second kappa shape index (κ2) is 7.38. The molecule has 2 aromatic heterocycles. The molecule has 3 heterocycles. The molecular weight excluding hydrogens is 373 g/mol. The van der Waals surface area contributed by atoms with Crippen LogP contribution in [0.5, 0.6) is 5.75 Å². The molecule has 0 saturated heterocycles. The molecule has 0 bridgehead atoms. The second-order valence-electron chi connectivity index (χ2n) is 6.64. The summed E-state index contributed by atoms with van der Waals surface area (Å²) in [6.07, 6.45) is 5.02. The average molecular weight is 393 g/mol. The zero-order valence-corrected chi connectivity index (χ0v) is 16.3. The van der Waals surface area contributed by atoms with Crippen LogP contribution in [-0.4, -0.2) is 27.3 Å². The maximum atomic E-state index is 14.6. The van der Waals surface area contributed by atoms with E-state index in [-0.39, 0.29) is 11.5 Å². The molecule has 148 valence electrons. The van der Waals surface area contributed by atoms with Crippen molar-refractivity contribution in [3.8, 4) is 17.0 Å². The Hall–Kier alpha value is -3.68. The van der Waals surface area contributed by atoms with E-state index in [2.05, 4.69) is 20.7 Å². The Morgan fingerprint density at radius 3 is 2.90 bits per heavy atom. The van der Waals surface area contributed by atoms with Gasteiger partial charge >= 0.3 is 0 Å². The van der Waals surface area contributed by atoms with Crippen molar-refractivity contribution in [2.75, 3.05) is 17.2 Å². The summed E-state index contributed by atoms with van der Waals surface area (Å²) in [6.45, 7) is 4.05. The van der Waals surface area contributed by atoms with E-state index < -0.39 is 5.82 Å². The average Bonchev–Trinajstić information content (AvgIpc) is 3.23. The second-order valence-corrected chi connectivity index (χ2v) is 6.64. The number of hydrogen-bond donors (Lipinski definition) is 2. The van der Waals surface area contributed by atoms with Crippen molar-refractivity contribution in [1.82, 2.24) is 14.8 Å². The van der Waals surface area contributed by atoms with E-state index in [1.54, 1.807) is 29.1 Å². The monoisotopic (exact) mass is 393 g/mol. The van der Waals surface area contributed by atoms with Crippen LogP contribution in [0.3, 0.4) is 0 Å². The molecule has 8 heteroatoms. The number of aryl methyl sites for hydroxylation is 1. The van der Waals surface area contributed by atoms with Crippen molar-refractivity contribution in [3.05, 3.63) is 59.9 Å². The molecule has 0 radical (unpaired) electrons. The van der Waals surface area contributed by atoms with Crippen LogP contribution in [-0.2, 0) is 11.8 Å². The quantitative estimate of drug-likeness (QED) is 0.644. The largest absolute Gasteiger partial charge is 0.493 e. The lowest BCUT2D eigenvalue weighted by atomic mass is 10.0. The van der Waals surface area contributed by atoms with Gasteiger partial charge in [0.1, 0.15) is 11.6 Å². The Labute approximate surface area is 167 Å². The summed E-state index contributed by atoms with van der Waals surface area (Å²) in [4.78, 5) is 16.9. The number of allylic oxidation sites excluding steroid dienone is 1. The first-order chi connectivity index (χ1) is 14.0. The predicted molar refractivity (Wildman–Crippen MR) is 109 cm³/mol. The lowest BCUT2D eigenvalue weighted by Gasteiger charge is -2.12. The number of ether oxygens (including phenoxy) is 1. The SMILES string of the molecule is CCOc1cccc(F)c1-c1cc2c(cn1)NC(=O)/C2=C(/C)Nc1cnn(C)c1. The van der Waals surface area contributed by atoms with Gasteiger partial charge in [-0.15, -0.1) is 0 Å². The van der Waals surface area contributed by atoms with Crippen LogP contribution in [0.4, 0.5) is 15.8 Å². The number of anilines is 2. The molecule has 7 nitrogen and oxygen atoms in total. The Morgan fingerprint density at radius 2 is 2.17 bits per heavy atom. The molecule has 0 unspecified atom stereocenters. The fourth-order valence-corrected chi connectivity index (χ4v) is 3.37. The topological polar surface area (TPSA) is 81.1 Å². The molecule has 1 aromatic carbocycles. The highest BCUT2D eigenvalue weighted by Gasteiger charge is 2.28. The summed E-state index contributed by atoms with van der Waals surface area (Å²) in [7, 11) is 1.81. The van der Waals surface area contributed by atoms with Crippen LogP contribution >= 0.6 is 0 Å². The van der Waals surface area contributed by atoms with Crippen molar-refractivity contribution in [3.63, 3.8) is 0 Å². The first-order valence-electron chi connectivity index (χ1n) is 9.18. The minimum absolute atomic E-state index is 0.244. The molecule has 3 aromatic rings. The molecule has 0 saturated carbocycles. The molecule has 29 heavy (non-hydrogen) atoms. The van der Waals surface area contributed by atoms with Crippen LogP contribution in [0.25, 0.3) is 16.8 Å². The highest BCUT2D eigenvalue weighted by molar-refractivity contribution is 6.32. The van der Waals surface area contributed by atoms with E-state index >= 15 is 0 Å². The van der Waals surface area contributed by atoms with E-state index in [0.29, 0.717) is 40.6 Å². The lowest BCUT2D eigenvalue weighted by molar-refractivity contribution is -0.110. The molecule has 1 amide bonds. The summed E-state index contributed by atoms with van der Waals surface area (Å²) in [6, 6.07) is 6.36. The molecule has 0 spiro atoms. The van der Waals surface area contributed by atoms with Crippen molar-refractivity contribution in [2.45, 2.75) is 13.8 Å². The van der Waals surface area contributed by atoms with E-state index in [9.17, 15) is 9.18 Å². The van der Waals surface area contributed by atoms with Gasteiger partial charge < -0.3 is 15.4 Å². The van der Waals surface area contributed by atoms with Crippen LogP contribution in [0.1, 0.15) is 19.4 Å². The van der Waals surface area contributed by atoms with Gasteiger partial charge in [-0.1, -0.05) is 6.07 Å². The molecular formula is C21H20FN5O2. The molecule has 1 aliphatic heterocycles. The zero-order chi connectivity index (χ0) is 20.5. The Morgan fingerprint density at radius 1 is 1.34 bits per heavy atom. The zero-order valence-electron chi connectivity index (χ0n) is 16.3. The highest BCUT2D eigenvalue weighted by Crippen LogP contribution is 2.38. The van der Waals surface area contributed by atoms with E-state index in [0.717, 1.165) is 5.69 Å².